The van der Waals surface area contributed by atoms with E-state index in [1.807, 2.05) is 6.92 Å². The summed E-state index contributed by atoms with van der Waals surface area (Å²) in [6.07, 6.45) is 1.48. The number of hydrogen-bond acceptors (Lipinski definition) is 5. The van der Waals surface area contributed by atoms with Gasteiger partial charge in [0, 0.05) is 30.9 Å². The van der Waals surface area contributed by atoms with E-state index in [0.717, 1.165) is 37.2 Å². The topological polar surface area (TPSA) is 92.9 Å². The van der Waals surface area contributed by atoms with Crippen LogP contribution in [0.5, 0.6) is 0 Å². The summed E-state index contributed by atoms with van der Waals surface area (Å²) >= 11 is 0. The quantitative estimate of drug-likeness (QED) is 0.659. The number of carbonyl (C=O) groups is 1. The minimum Gasteiger partial charge on any atom is -0.480 e. The van der Waals surface area contributed by atoms with E-state index in [0.29, 0.717) is 0 Å². The lowest BCUT2D eigenvalue weighted by molar-refractivity contribution is -0.384. The molecule has 7 heteroatoms. The number of aryl methyl sites for hydroxylation is 1. The molecule has 0 aromatic heterocycles. The molecule has 1 aliphatic rings. The Labute approximate surface area is 122 Å². The number of hydrogen-bond donors (Lipinski definition) is 1. The number of nitro groups is 1. The molecule has 1 heterocycles. The molecule has 0 atom stereocenters. The number of nitro benzene ring substituents is 1. The molecule has 114 valence electrons. The van der Waals surface area contributed by atoms with Gasteiger partial charge >= 0.3 is 5.97 Å². The van der Waals surface area contributed by atoms with E-state index in [1.165, 1.54) is 6.07 Å². The first-order valence-corrected chi connectivity index (χ1v) is 6.81. The third-order valence-electron chi connectivity index (χ3n) is 3.62. The standard InChI is InChI=1S/C14H18N2O5/c1-10-8-11(16(19)20)2-3-13(10)15-6-4-12(5-7-15)21-9-14(17)18/h2-3,8,12H,4-7,9H2,1H3,(H,17,18). The summed E-state index contributed by atoms with van der Waals surface area (Å²) in [6.45, 7) is 3.10. The molecule has 1 saturated heterocycles. The van der Waals surface area contributed by atoms with Crippen LogP contribution >= 0.6 is 0 Å². The maximum absolute atomic E-state index is 10.7. The fourth-order valence-electron chi connectivity index (χ4n) is 2.56. The van der Waals surface area contributed by atoms with E-state index in [1.54, 1.807) is 12.1 Å². The van der Waals surface area contributed by atoms with Crippen LogP contribution in [0.25, 0.3) is 0 Å². The van der Waals surface area contributed by atoms with Crippen molar-refractivity contribution in [1.82, 2.24) is 0 Å². The zero-order valence-electron chi connectivity index (χ0n) is 11.8. The number of ether oxygens (including phenoxy) is 1. The second-order valence-electron chi connectivity index (χ2n) is 5.12. The maximum Gasteiger partial charge on any atom is 0.329 e. The van der Waals surface area contributed by atoms with Crippen molar-refractivity contribution < 1.29 is 19.6 Å². The second kappa shape index (κ2) is 6.53. The van der Waals surface area contributed by atoms with E-state index in [9.17, 15) is 14.9 Å². The molecule has 0 bridgehead atoms. The van der Waals surface area contributed by atoms with Crippen LogP contribution in [-0.4, -0.2) is 41.8 Å². The first-order valence-electron chi connectivity index (χ1n) is 6.81. The first-order chi connectivity index (χ1) is 9.97. The monoisotopic (exact) mass is 294 g/mol. The van der Waals surface area contributed by atoms with Gasteiger partial charge in [-0.25, -0.2) is 4.79 Å². The number of anilines is 1. The highest BCUT2D eigenvalue weighted by Crippen LogP contribution is 2.27. The van der Waals surface area contributed by atoms with Crippen LogP contribution in [0, 0.1) is 17.0 Å². The Morgan fingerprint density at radius 3 is 2.67 bits per heavy atom. The average Bonchev–Trinajstić information content (AvgIpc) is 2.45. The van der Waals surface area contributed by atoms with Gasteiger partial charge in [-0.15, -0.1) is 0 Å². The van der Waals surface area contributed by atoms with Crippen molar-refractivity contribution in [2.24, 2.45) is 0 Å². The summed E-state index contributed by atoms with van der Waals surface area (Å²) in [6, 6.07) is 4.85. The number of carboxylic acids is 1. The van der Waals surface area contributed by atoms with Crippen molar-refractivity contribution in [3.8, 4) is 0 Å². The molecule has 0 aliphatic carbocycles. The van der Waals surface area contributed by atoms with Crippen LogP contribution in [0.3, 0.4) is 0 Å². The van der Waals surface area contributed by atoms with Crippen LogP contribution in [-0.2, 0) is 9.53 Å². The number of benzene rings is 1. The molecular weight excluding hydrogens is 276 g/mol. The average molecular weight is 294 g/mol. The fraction of sp³-hybridized carbons (Fsp3) is 0.500. The number of rotatable bonds is 5. The molecule has 0 spiro atoms. The number of piperidine rings is 1. The smallest absolute Gasteiger partial charge is 0.329 e. The predicted octanol–water partition coefficient (Wildman–Crippen LogP) is 1.97. The highest BCUT2D eigenvalue weighted by Gasteiger charge is 2.22. The van der Waals surface area contributed by atoms with E-state index >= 15 is 0 Å². The van der Waals surface area contributed by atoms with Gasteiger partial charge in [-0.2, -0.15) is 0 Å². The van der Waals surface area contributed by atoms with Gasteiger partial charge in [0.2, 0.25) is 0 Å². The SMILES string of the molecule is Cc1cc([N+](=O)[O-])ccc1N1CCC(OCC(=O)O)CC1. The van der Waals surface area contributed by atoms with Crippen molar-refractivity contribution in [2.45, 2.75) is 25.9 Å². The van der Waals surface area contributed by atoms with Crippen LogP contribution in [0.2, 0.25) is 0 Å². The highest BCUT2D eigenvalue weighted by molar-refractivity contribution is 5.68. The summed E-state index contributed by atoms with van der Waals surface area (Å²) in [5.41, 5.74) is 1.95. The van der Waals surface area contributed by atoms with Gasteiger partial charge in [0.1, 0.15) is 6.61 Å². The lowest BCUT2D eigenvalue weighted by Gasteiger charge is -2.34. The van der Waals surface area contributed by atoms with Gasteiger partial charge in [-0.05, 0) is 31.4 Å². The van der Waals surface area contributed by atoms with Crippen molar-refractivity contribution in [2.75, 3.05) is 24.6 Å². The Hall–Kier alpha value is -2.15. The summed E-state index contributed by atoms with van der Waals surface area (Å²) in [4.78, 5) is 23.0. The number of non-ortho nitro benzene ring substituents is 1. The molecule has 0 saturated carbocycles. The van der Waals surface area contributed by atoms with Crippen molar-refractivity contribution in [3.63, 3.8) is 0 Å². The van der Waals surface area contributed by atoms with Gasteiger partial charge < -0.3 is 14.7 Å². The summed E-state index contributed by atoms with van der Waals surface area (Å²) in [5.74, 6) is -0.955. The molecule has 1 aromatic rings. The van der Waals surface area contributed by atoms with E-state index in [2.05, 4.69) is 4.90 Å². The molecule has 0 amide bonds. The molecule has 1 fully saturated rings. The van der Waals surface area contributed by atoms with Gasteiger partial charge in [0.05, 0.1) is 11.0 Å². The normalized spacial score (nSPS) is 16.0. The van der Waals surface area contributed by atoms with Crippen molar-refractivity contribution in [1.29, 1.82) is 0 Å². The van der Waals surface area contributed by atoms with Crippen LogP contribution in [0.15, 0.2) is 18.2 Å². The molecule has 21 heavy (non-hydrogen) atoms. The minimum absolute atomic E-state index is 0.0318. The third kappa shape index (κ3) is 3.91. The molecule has 2 rings (SSSR count). The van der Waals surface area contributed by atoms with Crippen LogP contribution < -0.4 is 4.90 Å². The lowest BCUT2D eigenvalue weighted by atomic mass is 10.0. The molecule has 0 radical (unpaired) electrons. The fourth-order valence-corrected chi connectivity index (χ4v) is 2.56. The highest BCUT2D eigenvalue weighted by atomic mass is 16.6. The van der Waals surface area contributed by atoms with Gasteiger partial charge in [-0.1, -0.05) is 0 Å². The molecule has 1 N–H and O–H groups in total. The number of carboxylic acid groups (broad SMARTS) is 1. The maximum atomic E-state index is 10.7. The summed E-state index contributed by atoms with van der Waals surface area (Å²) < 4.78 is 5.29. The first kappa shape index (κ1) is 15.2. The van der Waals surface area contributed by atoms with Crippen LogP contribution in [0.1, 0.15) is 18.4 Å². The summed E-state index contributed by atoms with van der Waals surface area (Å²) in [5, 5.41) is 19.3. The predicted molar refractivity (Wildman–Crippen MR) is 76.7 cm³/mol. The Morgan fingerprint density at radius 2 is 2.14 bits per heavy atom. The molecule has 1 aliphatic heterocycles. The molecule has 1 aromatic carbocycles. The van der Waals surface area contributed by atoms with Crippen LogP contribution in [0.4, 0.5) is 11.4 Å². The van der Waals surface area contributed by atoms with E-state index in [-0.39, 0.29) is 18.4 Å². The van der Waals surface area contributed by atoms with Crippen molar-refractivity contribution in [3.05, 3.63) is 33.9 Å². The van der Waals surface area contributed by atoms with Crippen molar-refractivity contribution >= 4 is 17.3 Å². The zero-order valence-corrected chi connectivity index (χ0v) is 11.8. The largest absolute Gasteiger partial charge is 0.480 e. The Bertz CT molecular complexity index is 538. The molecule has 0 unspecified atom stereocenters. The Kier molecular flexibility index (Phi) is 4.74. The zero-order chi connectivity index (χ0) is 15.4. The van der Waals surface area contributed by atoms with Gasteiger partial charge in [-0.3, -0.25) is 10.1 Å². The minimum atomic E-state index is -0.955. The van der Waals surface area contributed by atoms with Gasteiger partial charge in [0.25, 0.3) is 5.69 Å². The molecule has 7 nitrogen and oxygen atoms in total. The van der Waals surface area contributed by atoms with Gasteiger partial charge in [0.15, 0.2) is 0 Å². The number of aliphatic carboxylic acids is 1. The second-order valence-corrected chi connectivity index (χ2v) is 5.12. The lowest BCUT2D eigenvalue weighted by Crippen LogP contribution is -2.38. The Morgan fingerprint density at radius 1 is 1.48 bits per heavy atom. The number of nitrogens with zero attached hydrogens (tertiary/aromatic N) is 2. The third-order valence-corrected chi connectivity index (χ3v) is 3.62. The molecular formula is C14H18N2O5. The Balaban J connectivity index is 1.96. The van der Waals surface area contributed by atoms with E-state index < -0.39 is 10.9 Å². The summed E-state index contributed by atoms with van der Waals surface area (Å²) in [7, 11) is 0. The van der Waals surface area contributed by atoms with E-state index in [4.69, 9.17) is 9.84 Å².